The predicted molar refractivity (Wildman–Crippen MR) is 58.7 cm³/mol. The normalized spacial score (nSPS) is 10.2. The molecule has 1 aromatic rings. The molecule has 0 saturated heterocycles. The summed E-state index contributed by atoms with van der Waals surface area (Å²) < 4.78 is 10.1. The maximum absolute atomic E-state index is 5.22. The van der Waals surface area contributed by atoms with E-state index in [9.17, 15) is 0 Å². The monoisotopic (exact) mass is 211 g/mol. The number of anilines is 1. The molecule has 4 nitrogen and oxygen atoms in total. The van der Waals surface area contributed by atoms with Gasteiger partial charge >= 0.3 is 0 Å². The van der Waals surface area contributed by atoms with Crippen molar-refractivity contribution < 1.29 is 14.3 Å². The van der Waals surface area contributed by atoms with Crippen LogP contribution < -0.4 is 5.48 Å². The second-order valence-corrected chi connectivity index (χ2v) is 2.92. The van der Waals surface area contributed by atoms with Gasteiger partial charge in [0.05, 0.1) is 32.1 Å². The van der Waals surface area contributed by atoms with E-state index in [2.05, 4.69) is 5.48 Å². The second kappa shape index (κ2) is 8.23. The van der Waals surface area contributed by atoms with Crippen LogP contribution in [0.3, 0.4) is 0 Å². The van der Waals surface area contributed by atoms with Gasteiger partial charge in [-0.3, -0.25) is 10.3 Å². The fraction of sp³-hybridized carbons (Fsp3) is 0.455. The molecule has 0 radical (unpaired) electrons. The minimum Gasteiger partial charge on any atom is -0.382 e. The summed E-state index contributed by atoms with van der Waals surface area (Å²) in [5.74, 6) is 0. The Kier molecular flexibility index (Phi) is 6.57. The quantitative estimate of drug-likeness (QED) is 0.524. The van der Waals surface area contributed by atoms with Crippen molar-refractivity contribution in [1.29, 1.82) is 0 Å². The third-order valence-electron chi connectivity index (χ3n) is 1.73. The summed E-state index contributed by atoms with van der Waals surface area (Å²) in [5, 5.41) is 0. The first-order chi connectivity index (χ1) is 7.43. The van der Waals surface area contributed by atoms with Crippen molar-refractivity contribution in [2.45, 2.75) is 0 Å². The van der Waals surface area contributed by atoms with Gasteiger partial charge in [0.25, 0.3) is 0 Å². The smallest absolute Gasteiger partial charge is 0.0979 e. The standard InChI is InChI=1S/C11H17NO3/c1-13-7-8-14-9-10-15-12-11-5-3-2-4-6-11/h2-6,12H,7-10H2,1H3. The number of para-hydroxylation sites is 1. The van der Waals surface area contributed by atoms with E-state index in [1.807, 2.05) is 30.3 Å². The Morgan fingerprint density at radius 1 is 1.00 bits per heavy atom. The molecule has 0 spiro atoms. The SMILES string of the molecule is COCCOCCONc1ccccc1. The number of hydrogen-bond donors (Lipinski definition) is 1. The average Bonchev–Trinajstić information content (AvgIpc) is 2.29. The number of benzene rings is 1. The van der Waals surface area contributed by atoms with Gasteiger partial charge in [-0.1, -0.05) is 18.2 Å². The highest BCUT2D eigenvalue weighted by Crippen LogP contribution is 2.03. The molecule has 0 aliphatic carbocycles. The summed E-state index contributed by atoms with van der Waals surface area (Å²) in [5.41, 5.74) is 3.76. The molecule has 0 aliphatic rings. The Hall–Kier alpha value is -1.10. The molecule has 0 unspecified atom stereocenters. The second-order valence-electron chi connectivity index (χ2n) is 2.92. The van der Waals surface area contributed by atoms with Crippen molar-refractivity contribution >= 4 is 5.69 Å². The molecule has 4 heteroatoms. The van der Waals surface area contributed by atoms with Crippen LogP contribution in [0.25, 0.3) is 0 Å². The van der Waals surface area contributed by atoms with E-state index in [0.29, 0.717) is 26.4 Å². The first-order valence-electron chi connectivity index (χ1n) is 4.93. The van der Waals surface area contributed by atoms with Crippen LogP contribution >= 0.6 is 0 Å². The van der Waals surface area contributed by atoms with Crippen molar-refractivity contribution in [3.8, 4) is 0 Å². The molecular formula is C11H17NO3. The lowest BCUT2D eigenvalue weighted by Gasteiger charge is -2.07. The summed E-state index contributed by atoms with van der Waals surface area (Å²) in [6.45, 7) is 2.29. The molecular weight excluding hydrogens is 194 g/mol. The van der Waals surface area contributed by atoms with E-state index in [1.54, 1.807) is 7.11 Å². The van der Waals surface area contributed by atoms with Crippen LogP contribution in [0.5, 0.6) is 0 Å². The summed E-state index contributed by atoms with van der Waals surface area (Å²) >= 11 is 0. The lowest BCUT2D eigenvalue weighted by molar-refractivity contribution is 0.0379. The zero-order valence-corrected chi connectivity index (χ0v) is 8.94. The number of methoxy groups -OCH3 is 1. The number of ether oxygens (including phenoxy) is 2. The number of hydrogen-bond acceptors (Lipinski definition) is 4. The maximum atomic E-state index is 5.22. The summed E-state index contributed by atoms with van der Waals surface area (Å²) in [6.07, 6.45) is 0. The first-order valence-corrected chi connectivity index (χ1v) is 4.93. The van der Waals surface area contributed by atoms with Crippen LogP contribution in [0.15, 0.2) is 30.3 Å². The van der Waals surface area contributed by atoms with Gasteiger partial charge in [0.1, 0.15) is 0 Å². The third kappa shape index (κ3) is 6.06. The zero-order chi connectivity index (χ0) is 10.8. The van der Waals surface area contributed by atoms with Crippen LogP contribution in [0.2, 0.25) is 0 Å². The van der Waals surface area contributed by atoms with Gasteiger partial charge in [0.15, 0.2) is 0 Å². The van der Waals surface area contributed by atoms with E-state index >= 15 is 0 Å². The Morgan fingerprint density at radius 2 is 1.73 bits per heavy atom. The highest BCUT2D eigenvalue weighted by Gasteiger charge is 1.90. The van der Waals surface area contributed by atoms with Crippen LogP contribution in [0, 0.1) is 0 Å². The molecule has 0 saturated carbocycles. The molecule has 0 fully saturated rings. The molecule has 84 valence electrons. The molecule has 0 aromatic heterocycles. The lowest BCUT2D eigenvalue weighted by Crippen LogP contribution is -2.11. The van der Waals surface area contributed by atoms with E-state index in [1.165, 1.54) is 0 Å². The van der Waals surface area contributed by atoms with E-state index in [4.69, 9.17) is 14.3 Å². The van der Waals surface area contributed by atoms with Gasteiger partial charge in [-0.15, -0.1) is 0 Å². The zero-order valence-electron chi connectivity index (χ0n) is 8.94. The van der Waals surface area contributed by atoms with Crippen molar-refractivity contribution in [1.82, 2.24) is 0 Å². The Bertz CT molecular complexity index is 241. The highest BCUT2D eigenvalue weighted by molar-refractivity contribution is 5.39. The fourth-order valence-corrected chi connectivity index (χ4v) is 0.985. The van der Waals surface area contributed by atoms with Crippen LogP contribution in [-0.2, 0) is 14.3 Å². The summed E-state index contributed by atoms with van der Waals surface area (Å²) in [4.78, 5) is 5.18. The van der Waals surface area contributed by atoms with Gasteiger partial charge in [-0.25, -0.2) is 0 Å². The maximum Gasteiger partial charge on any atom is 0.0979 e. The molecule has 0 atom stereocenters. The van der Waals surface area contributed by atoms with Crippen molar-refractivity contribution in [3.05, 3.63) is 30.3 Å². The van der Waals surface area contributed by atoms with Gasteiger partial charge in [-0.05, 0) is 12.1 Å². The number of nitrogens with one attached hydrogen (secondary N) is 1. The van der Waals surface area contributed by atoms with Crippen molar-refractivity contribution in [2.24, 2.45) is 0 Å². The minimum atomic E-state index is 0.513. The topological polar surface area (TPSA) is 39.7 Å². The molecule has 0 bridgehead atoms. The summed E-state index contributed by atoms with van der Waals surface area (Å²) in [7, 11) is 1.65. The number of rotatable bonds is 8. The summed E-state index contributed by atoms with van der Waals surface area (Å²) in [6, 6.07) is 9.72. The van der Waals surface area contributed by atoms with E-state index in [0.717, 1.165) is 5.69 Å². The Balaban J connectivity index is 1.93. The molecule has 0 aliphatic heterocycles. The molecule has 0 amide bonds. The van der Waals surface area contributed by atoms with Gasteiger partial charge in [-0.2, -0.15) is 0 Å². The predicted octanol–water partition coefficient (Wildman–Crippen LogP) is 1.69. The fourth-order valence-electron chi connectivity index (χ4n) is 0.985. The molecule has 0 heterocycles. The minimum absolute atomic E-state index is 0.513. The third-order valence-corrected chi connectivity index (χ3v) is 1.73. The van der Waals surface area contributed by atoms with Crippen molar-refractivity contribution in [3.63, 3.8) is 0 Å². The Morgan fingerprint density at radius 3 is 2.47 bits per heavy atom. The van der Waals surface area contributed by atoms with Gasteiger partial charge < -0.3 is 9.47 Å². The molecule has 1 N–H and O–H groups in total. The molecule has 1 rings (SSSR count). The highest BCUT2D eigenvalue weighted by atomic mass is 16.7. The van der Waals surface area contributed by atoms with Crippen LogP contribution in [0.4, 0.5) is 5.69 Å². The van der Waals surface area contributed by atoms with Crippen molar-refractivity contribution in [2.75, 3.05) is 39.0 Å². The van der Waals surface area contributed by atoms with Crippen LogP contribution in [-0.4, -0.2) is 33.5 Å². The Labute approximate surface area is 90.1 Å². The lowest BCUT2D eigenvalue weighted by atomic mass is 10.3. The largest absolute Gasteiger partial charge is 0.382 e. The van der Waals surface area contributed by atoms with Crippen LogP contribution in [0.1, 0.15) is 0 Å². The first kappa shape index (κ1) is 12.0. The van der Waals surface area contributed by atoms with E-state index < -0.39 is 0 Å². The van der Waals surface area contributed by atoms with Gasteiger partial charge in [0.2, 0.25) is 0 Å². The van der Waals surface area contributed by atoms with E-state index in [-0.39, 0.29) is 0 Å². The molecule has 15 heavy (non-hydrogen) atoms. The average molecular weight is 211 g/mol. The van der Waals surface area contributed by atoms with Gasteiger partial charge in [0, 0.05) is 7.11 Å². The molecule has 1 aromatic carbocycles.